The Hall–Kier alpha value is -1.30. The van der Waals surface area contributed by atoms with Gasteiger partial charge < -0.3 is 20.5 Å². The van der Waals surface area contributed by atoms with Crippen molar-refractivity contribution in [1.29, 1.82) is 0 Å². The molecule has 1 amide bonds. The van der Waals surface area contributed by atoms with Crippen LogP contribution in [0.15, 0.2) is 18.2 Å². The summed E-state index contributed by atoms with van der Waals surface area (Å²) in [6.07, 6.45) is 7.85. The molecule has 1 saturated carbocycles. The van der Waals surface area contributed by atoms with Crippen LogP contribution in [0.25, 0.3) is 0 Å². The van der Waals surface area contributed by atoms with Gasteiger partial charge in [0.1, 0.15) is 5.75 Å². The highest BCUT2D eigenvalue weighted by atomic mass is 35.5. The van der Waals surface area contributed by atoms with Crippen molar-refractivity contribution in [1.82, 2.24) is 0 Å². The molecule has 1 aliphatic carbocycles. The third-order valence-corrected chi connectivity index (χ3v) is 5.97. The molecule has 6 heteroatoms. The second-order valence-electron chi connectivity index (χ2n) is 7.85. The first-order valence-electron chi connectivity index (χ1n) is 9.96. The zero-order valence-corrected chi connectivity index (χ0v) is 17.1. The lowest BCUT2D eigenvalue weighted by atomic mass is 9.79. The van der Waals surface area contributed by atoms with Crippen LogP contribution in [0.3, 0.4) is 0 Å². The van der Waals surface area contributed by atoms with Gasteiger partial charge in [0.25, 0.3) is 0 Å². The number of rotatable bonds is 6. The summed E-state index contributed by atoms with van der Waals surface area (Å²) in [6, 6.07) is 5.88. The van der Waals surface area contributed by atoms with Crippen LogP contribution in [0.1, 0.15) is 50.5 Å². The first-order valence-corrected chi connectivity index (χ1v) is 9.96. The van der Waals surface area contributed by atoms with E-state index in [0.29, 0.717) is 38.5 Å². The van der Waals surface area contributed by atoms with E-state index in [1.165, 1.54) is 32.1 Å². The fraction of sp³-hybridized carbons (Fsp3) is 0.667. The van der Waals surface area contributed by atoms with Gasteiger partial charge in [-0.05, 0) is 50.2 Å². The second kappa shape index (κ2) is 10.3. The van der Waals surface area contributed by atoms with Crippen molar-refractivity contribution < 1.29 is 14.3 Å². The third-order valence-electron chi connectivity index (χ3n) is 5.97. The maximum absolute atomic E-state index is 12.8. The van der Waals surface area contributed by atoms with Crippen molar-refractivity contribution >= 4 is 24.0 Å². The topological polar surface area (TPSA) is 73.6 Å². The van der Waals surface area contributed by atoms with Crippen molar-refractivity contribution in [3.63, 3.8) is 0 Å². The fourth-order valence-electron chi connectivity index (χ4n) is 3.94. The SMILES string of the molecule is Cc1ccc(NC(=O)C2(CN)CCOCC2)cc1OCC1CCCCC1.Cl. The molecular formula is C21H33ClN2O3. The molecule has 3 N–H and O–H groups in total. The minimum atomic E-state index is -0.522. The van der Waals surface area contributed by atoms with Gasteiger partial charge in [-0.3, -0.25) is 4.79 Å². The maximum atomic E-state index is 12.8. The summed E-state index contributed by atoms with van der Waals surface area (Å²) in [6.45, 7) is 4.34. The Kier molecular flexibility index (Phi) is 8.39. The van der Waals surface area contributed by atoms with Crippen molar-refractivity contribution in [2.75, 3.05) is 31.7 Å². The molecule has 1 aromatic rings. The van der Waals surface area contributed by atoms with E-state index < -0.39 is 5.41 Å². The van der Waals surface area contributed by atoms with E-state index in [4.69, 9.17) is 15.2 Å². The molecule has 0 radical (unpaired) electrons. The van der Waals surface area contributed by atoms with Crippen LogP contribution >= 0.6 is 12.4 Å². The van der Waals surface area contributed by atoms with Gasteiger partial charge in [0.05, 0.1) is 12.0 Å². The van der Waals surface area contributed by atoms with Crippen LogP contribution in [0.5, 0.6) is 5.75 Å². The van der Waals surface area contributed by atoms with Gasteiger partial charge in [-0.15, -0.1) is 12.4 Å². The number of ether oxygens (including phenoxy) is 2. The molecule has 3 rings (SSSR count). The third kappa shape index (κ3) is 5.59. The van der Waals surface area contributed by atoms with Gasteiger partial charge in [0, 0.05) is 31.5 Å². The van der Waals surface area contributed by atoms with Gasteiger partial charge in [-0.25, -0.2) is 0 Å². The molecule has 0 bridgehead atoms. The van der Waals surface area contributed by atoms with E-state index >= 15 is 0 Å². The zero-order chi connectivity index (χ0) is 18.4. The minimum Gasteiger partial charge on any atom is -0.493 e. The number of halogens is 1. The number of amides is 1. The number of hydrogen-bond acceptors (Lipinski definition) is 4. The molecule has 0 unspecified atom stereocenters. The number of carbonyl (C=O) groups excluding carboxylic acids is 1. The lowest BCUT2D eigenvalue weighted by molar-refractivity contribution is -0.130. The normalized spacial score (nSPS) is 19.8. The molecule has 1 aromatic carbocycles. The Morgan fingerprint density at radius 2 is 1.96 bits per heavy atom. The molecular weight excluding hydrogens is 364 g/mol. The lowest BCUT2D eigenvalue weighted by Crippen LogP contribution is -2.46. The summed E-state index contributed by atoms with van der Waals surface area (Å²) in [5, 5.41) is 3.05. The Morgan fingerprint density at radius 3 is 2.63 bits per heavy atom. The Morgan fingerprint density at radius 1 is 1.26 bits per heavy atom. The summed E-state index contributed by atoms with van der Waals surface area (Å²) in [4.78, 5) is 12.8. The molecule has 2 fully saturated rings. The number of carbonyl (C=O) groups is 1. The molecule has 1 aliphatic heterocycles. The number of nitrogens with one attached hydrogen (secondary N) is 1. The molecule has 5 nitrogen and oxygen atoms in total. The molecule has 0 aromatic heterocycles. The number of anilines is 1. The van der Waals surface area contributed by atoms with Gasteiger partial charge in [-0.1, -0.05) is 25.3 Å². The van der Waals surface area contributed by atoms with Gasteiger partial charge >= 0.3 is 0 Å². The standard InChI is InChI=1S/C21H32N2O3.ClH/c1-16-7-8-18(13-19(16)26-14-17-5-3-2-4-6-17)23-20(24)21(15-22)9-11-25-12-10-21;/h7-8,13,17H,2-6,9-12,14-15,22H2,1H3,(H,23,24);1H. The monoisotopic (exact) mass is 396 g/mol. The van der Waals surface area contributed by atoms with Crippen molar-refractivity contribution in [2.24, 2.45) is 17.1 Å². The van der Waals surface area contributed by atoms with Crippen LogP contribution < -0.4 is 15.8 Å². The predicted octanol–water partition coefficient (Wildman–Crippen LogP) is 4.07. The molecule has 0 atom stereocenters. The van der Waals surface area contributed by atoms with Crippen LogP contribution in [0.4, 0.5) is 5.69 Å². The van der Waals surface area contributed by atoms with Crippen LogP contribution in [0, 0.1) is 18.3 Å². The Bertz CT molecular complexity index is 611. The molecule has 0 spiro atoms. The predicted molar refractivity (Wildman–Crippen MR) is 111 cm³/mol. The quantitative estimate of drug-likeness (QED) is 0.760. The first kappa shape index (κ1) is 22.0. The van der Waals surface area contributed by atoms with E-state index in [1.54, 1.807) is 0 Å². The van der Waals surface area contributed by atoms with Crippen molar-refractivity contribution in [3.05, 3.63) is 23.8 Å². The van der Waals surface area contributed by atoms with Gasteiger partial charge in [0.2, 0.25) is 5.91 Å². The molecule has 2 aliphatic rings. The highest BCUT2D eigenvalue weighted by molar-refractivity contribution is 5.95. The zero-order valence-electron chi connectivity index (χ0n) is 16.3. The lowest BCUT2D eigenvalue weighted by Gasteiger charge is -2.34. The van der Waals surface area contributed by atoms with Crippen LogP contribution in [-0.2, 0) is 9.53 Å². The Labute approximate surface area is 168 Å². The maximum Gasteiger partial charge on any atom is 0.232 e. The van der Waals surface area contributed by atoms with E-state index in [0.717, 1.165) is 23.6 Å². The summed E-state index contributed by atoms with van der Waals surface area (Å²) in [5.74, 6) is 1.51. The fourth-order valence-corrected chi connectivity index (χ4v) is 3.94. The highest BCUT2D eigenvalue weighted by Crippen LogP contribution is 2.32. The summed E-state index contributed by atoms with van der Waals surface area (Å²) in [5.41, 5.74) is 7.29. The molecule has 1 heterocycles. The molecule has 1 saturated heterocycles. The second-order valence-corrected chi connectivity index (χ2v) is 7.85. The van der Waals surface area contributed by atoms with Crippen LogP contribution in [-0.4, -0.2) is 32.3 Å². The molecule has 152 valence electrons. The molecule has 27 heavy (non-hydrogen) atoms. The summed E-state index contributed by atoms with van der Waals surface area (Å²) < 4.78 is 11.5. The average Bonchev–Trinajstić information content (AvgIpc) is 2.69. The van der Waals surface area contributed by atoms with Gasteiger partial charge in [0.15, 0.2) is 0 Å². The van der Waals surface area contributed by atoms with Crippen LogP contribution in [0.2, 0.25) is 0 Å². The number of aryl methyl sites for hydroxylation is 1. The largest absolute Gasteiger partial charge is 0.493 e. The van der Waals surface area contributed by atoms with E-state index in [2.05, 4.69) is 5.32 Å². The van der Waals surface area contributed by atoms with Crippen molar-refractivity contribution in [3.8, 4) is 5.75 Å². The number of nitrogens with two attached hydrogens (primary N) is 1. The summed E-state index contributed by atoms with van der Waals surface area (Å²) in [7, 11) is 0. The first-order chi connectivity index (χ1) is 12.6. The minimum absolute atomic E-state index is 0. The smallest absolute Gasteiger partial charge is 0.232 e. The van der Waals surface area contributed by atoms with E-state index in [1.807, 2.05) is 25.1 Å². The van der Waals surface area contributed by atoms with E-state index in [-0.39, 0.29) is 18.3 Å². The van der Waals surface area contributed by atoms with E-state index in [9.17, 15) is 4.79 Å². The summed E-state index contributed by atoms with van der Waals surface area (Å²) >= 11 is 0. The van der Waals surface area contributed by atoms with Gasteiger partial charge in [-0.2, -0.15) is 0 Å². The Balaban J connectivity index is 0.00000261. The van der Waals surface area contributed by atoms with Crippen molar-refractivity contribution in [2.45, 2.75) is 51.9 Å². The highest BCUT2D eigenvalue weighted by Gasteiger charge is 2.38. The number of hydrogen-bond donors (Lipinski definition) is 2. The average molecular weight is 397 g/mol. The number of benzene rings is 1.